The van der Waals surface area contributed by atoms with Gasteiger partial charge in [0.15, 0.2) is 0 Å². The van der Waals surface area contributed by atoms with E-state index in [0.29, 0.717) is 12.4 Å². The number of carboxylic acids is 1. The van der Waals surface area contributed by atoms with Crippen molar-refractivity contribution < 1.29 is 9.90 Å². The Balaban J connectivity index is 2.40. The number of halogens is 1. The van der Waals surface area contributed by atoms with Gasteiger partial charge in [-0.3, -0.25) is 4.79 Å². The van der Waals surface area contributed by atoms with Gasteiger partial charge in [0.1, 0.15) is 10.6 Å². The van der Waals surface area contributed by atoms with E-state index >= 15 is 0 Å². The van der Waals surface area contributed by atoms with Crippen LogP contribution in [0.1, 0.15) is 18.2 Å². The third kappa shape index (κ3) is 3.13. The minimum atomic E-state index is -0.831. The van der Waals surface area contributed by atoms with Crippen LogP contribution in [0.2, 0.25) is 5.28 Å². The molecule has 19 heavy (non-hydrogen) atoms. The molecule has 5 nitrogen and oxygen atoms in total. The van der Waals surface area contributed by atoms with Gasteiger partial charge in [-0.1, -0.05) is 6.92 Å². The van der Waals surface area contributed by atoms with Crippen molar-refractivity contribution >= 4 is 44.9 Å². The van der Waals surface area contributed by atoms with E-state index in [1.54, 1.807) is 16.2 Å². The lowest BCUT2D eigenvalue weighted by Crippen LogP contribution is -2.22. The van der Waals surface area contributed by atoms with Crippen molar-refractivity contribution in [2.45, 2.75) is 19.8 Å². The van der Waals surface area contributed by atoms with Gasteiger partial charge in [0.05, 0.1) is 11.8 Å². The van der Waals surface area contributed by atoms with Crippen LogP contribution in [0.15, 0.2) is 6.07 Å². The standard InChI is InChI=1S/C12H14ClN3O2S/c1-3-7-6-8-10(16(2)5-4-9(17)18)14-12(13)15-11(8)19-7/h6H,3-5H2,1-2H3,(H,17,18). The average Bonchev–Trinajstić information content (AvgIpc) is 2.77. The lowest BCUT2D eigenvalue weighted by atomic mass is 10.3. The molecule has 0 atom stereocenters. The van der Waals surface area contributed by atoms with Gasteiger partial charge in [-0.15, -0.1) is 11.3 Å². The molecule has 0 aliphatic heterocycles. The van der Waals surface area contributed by atoms with Crippen molar-refractivity contribution in [1.82, 2.24) is 9.97 Å². The molecule has 0 fully saturated rings. The van der Waals surface area contributed by atoms with E-state index < -0.39 is 5.97 Å². The molecule has 7 heteroatoms. The van der Waals surface area contributed by atoms with Crippen molar-refractivity contribution in [3.63, 3.8) is 0 Å². The molecule has 0 radical (unpaired) electrons. The summed E-state index contributed by atoms with van der Waals surface area (Å²) in [5, 5.41) is 9.85. The van der Waals surface area contributed by atoms with E-state index in [1.165, 1.54) is 4.88 Å². The Labute approximate surface area is 119 Å². The molecule has 0 bridgehead atoms. The fourth-order valence-corrected chi connectivity index (χ4v) is 2.94. The molecule has 2 aromatic rings. The minimum absolute atomic E-state index is 0.0599. The van der Waals surface area contributed by atoms with Gasteiger partial charge in [0.2, 0.25) is 5.28 Å². The largest absolute Gasteiger partial charge is 0.481 e. The molecule has 2 heterocycles. The smallest absolute Gasteiger partial charge is 0.305 e. The Morgan fingerprint density at radius 2 is 2.26 bits per heavy atom. The zero-order chi connectivity index (χ0) is 14.0. The highest BCUT2D eigenvalue weighted by atomic mass is 35.5. The molecule has 0 aromatic carbocycles. The van der Waals surface area contributed by atoms with Crippen LogP contribution < -0.4 is 4.90 Å². The van der Waals surface area contributed by atoms with Crippen LogP contribution in [0.3, 0.4) is 0 Å². The molecule has 0 spiro atoms. The van der Waals surface area contributed by atoms with Crippen molar-refractivity contribution in [3.05, 3.63) is 16.2 Å². The van der Waals surface area contributed by atoms with Gasteiger partial charge in [-0.25, -0.2) is 4.98 Å². The number of hydrogen-bond acceptors (Lipinski definition) is 5. The second-order valence-electron chi connectivity index (χ2n) is 4.17. The maximum atomic E-state index is 10.6. The number of hydrogen-bond donors (Lipinski definition) is 1. The zero-order valence-corrected chi connectivity index (χ0v) is 12.3. The van der Waals surface area contributed by atoms with Crippen LogP contribution >= 0.6 is 22.9 Å². The summed E-state index contributed by atoms with van der Waals surface area (Å²) in [6.45, 7) is 2.46. The average molecular weight is 300 g/mol. The van der Waals surface area contributed by atoms with Crippen molar-refractivity contribution in [1.29, 1.82) is 0 Å². The van der Waals surface area contributed by atoms with Crippen molar-refractivity contribution in [2.75, 3.05) is 18.5 Å². The molecule has 1 N–H and O–H groups in total. The third-order valence-electron chi connectivity index (χ3n) is 2.77. The van der Waals surface area contributed by atoms with Gasteiger partial charge in [-0.05, 0) is 24.1 Å². The predicted molar refractivity (Wildman–Crippen MR) is 77.3 cm³/mol. The number of nitrogens with zero attached hydrogens (tertiary/aromatic N) is 3. The number of anilines is 1. The molecule has 0 aliphatic rings. The van der Waals surface area contributed by atoms with Gasteiger partial charge < -0.3 is 10.0 Å². The fourth-order valence-electron chi connectivity index (χ4n) is 1.77. The van der Waals surface area contributed by atoms with E-state index in [9.17, 15) is 4.79 Å². The lowest BCUT2D eigenvalue weighted by Gasteiger charge is -2.17. The minimum Gasteiger partial charge on any atom is -0.481 e. The van der Waals surface area contributed by atoms with Crippen LogP contribution in [0.5, 0.6) is 0 Å². The molecular weight excluding hydrogens is 286 g/mol. The molecule has 2 rings (SSSR count). The first kappa shape index (κ1) is 14.0. The number of aliphatic carboxylic acids is 1. The van der Waals surface area contributed by atoms with Crippen LogP contribution in [0, 0.1) is 0 Å². The SMILES string of the molecule is CCc1cc2c(N(C)CCC(=O)O)nc(Cl)nc2s1. The number of carbonyl (C=O) groups is 1. The highest BCUT2D eigenvalue weighted by Gasteiger charge is 2.14. The monoisotopic (exact) mass is 299 g/mol. The zero-order valence-electron chi connectivity index (χ0n) is 10.7. The maximum absolute atomic E-state index is 10.6. The molecular formula is C12H14ClN3O2S. The molecule has 2 aromatic heterocycles. The van der Waals surface area contributed by atoms with E-state index in [4.69, 9.17) is 16.7 Å². The van der Waals surface area contributed by atoms with Crippen LogP contribution in [-0.4, -0.2) is 34.6 Å². The van der Waals surface area contributed by atoms with Crippen molar-refractivity contribution in [2.24, 2.45) is 0 Å². The summed E-state index contributed by atoms with van der Waals surface area (Å²) in [6.07, 6.45) is 0.987. The highest BCUT2D eigenvalue weighted by Crippen LogP contribution is 2.31. The highest BCUT2D eigenvalue weighted by molar-refractivity contribution is 7.18. The van der Waals surface area contributed by atoms with E-state index in [0.717, 1.165) is 16.6 Å². The van der Waals surface area contributed by atoms with Gasteiger partial charge in [0, 0.05) is 18.5 Å². The first-order valence-electron chi connectivity index (χ1n) is 5.90. The van der Waals surface area contributed by atoms with E-state index in [1.807, 2.05) is 13.1 Å². The topological polar surface area (TPSA) is 66.3 Å². The third-order valence-corrected chi connectivity index (χ3v) is 4.11. The summed E-state index contributed by atoms with van der Waals surface area (Å²) >= 11 is 7.51. The Bertz CT molecular complexity index is 614. The quantitative estimate of drug-likeness (QED) is 0.860. The van der Waals surface area contributed by atoms with E-state index in [-0.39, 0.29) is 11.7 Å². The van der Waals surface area contributed by atoms with Gasteiger partial charge in [0.25, 0.3) is 0 Å². The van der Waals surface area contributed by atoms with Gasteiger partial charge >= 0.3 is 5.97 Å². The number of aryl methyl sites for hydroxylation is 1. The Morgan fingerprint density at radius 1 is 1.53 bits per heavy atom. The number of thiophene rings is 1. The number of carboxylic acid groups (broad SMARTS) is 1. The molecule has 0 unspecified atom stereocenters. The van der Waals surface area contributed by atoms with Gasteiger partial charge in [-0.2, -0.15) is 4.98 Å². The molecule has 102 valence electrons. The number of rotatable bonds is 5. The van der Waals surface area contributed by atoms with E-state index in [2.05, 4.69) is 16.9 Å². The summed E-state index contributed by atoms with van der Waals surface area (Å²) in [5.74, 6) is -0.144. The second-order valence-corrected chi connectivity index (χ2v) is 5.62. The summed E-state index contributed by atoms with van der Waals surface area (Å²) < 4.78 is 0. The Kier molecular flexibility index (Phi) is 4.21. The van der Waals surface area contributed by atoms with Crippen LogP contribution in [0.4, 0.5) is 5.82 Å². The normalized spacial score (nSPS) is 10.9. The first-order valence-corrected chi connectivity index (χ1v) is 7.09. The Morgan fingerprint density at radius 3 is 2.89 bits per heavy atom. The molecule has 0 aliphatic carbocycles. The molecule has 0 saturated heterocycles. The summed E-state index contributed by atoms with van der Waals surface area (Å²) in [5.41, 5.74) is 0. The fraction of sp³-hybridized carbons (Fsp3) is 0.417. The number of fused-ring (bicyclic) bond motifs is 1. The number of aromatic nitrogens is 2. The first-order chi connectivity index (χ1) is 9.01. The predicted octanol–water partition coefficient (Wildman–Crippen LogP) is 2.82. The van der Waals surface area contributed by atoms with Crippen LogP contribution in [-0.2, 0) is 11.2 Å². The summed E-state index contributed by atoms with van der Waals surface area (Å²) in [4.78, 5) is 22.9. The summed E-state index contributed by atoms with van der Waals surface area (Å²) in [6, 6.07) is 2.04. The summed E-state index contributed by atoms with van der Waals surface area (Å²) in [7, 11) is 1.81. The molecule has 0 saturated carbocycles. The van der Waals surface area contributed by atoms with Crippen molar-refractivity contribution in [3.8, 4) is 0 Å². The molecule has 0 amide bonds. The maximum Gasteiger partial charge on any atom is 0.305 e. The second kappa shape index (κ2) is 5.71. The lowest BCUT2D eigenvalue weighted by molar-refractivity contribution is -0.136. The van der Waals surface area contributed by atoms with Crippen LogP contribution in [0.25, 0.3) is 10.2 Å². The Hall–Kier alpha value is -1.40.